The maximum atomic E-state index is 5.91. The predicted octanol–water partition coefficient (Wildman–Crippen LogP) is 3.81. The summed E-state index contributed by atoms with van der Waals surface area (Å²) >= 11 is 5.91. The van der Waals surface area contributed by atoms with Gasteiger partial charge in [0.15, 0.2) is 0 Å². The molecule has 1 N–H and O–H groups in total. The Morgan fingerprint density at radius 3 is 2.47 bits per heavy atom. The Bertz CT molecular complexity index is 313. The zero-order valence-electron chi connectivity index (χ0n) is 10.9. The third-order valence-electron chi connectivity index (χ3n) is 2.88. The SMILES string of the molecule is CCCNC(CC(C)OC)c1ccc(Cl)cc1. The number of rotatable bonds is 7. The van der Waals surface area contributed by atoms with Crippen LogP contribution in [-0.4, -0.2) is 19.8 Å². The zero-order valence-corrected chi connectivity index (χ0v) is 11.6. The molecule has 1 rings (SSSR count). The highest BCUT2D eigenvalue weighted by atomic mass is 35.5. The van der Waals surface area contributed by atoms with Crippen molar-refractivity contribution in [3.05, 3.63) is 34.9 Å². The van der Waals surface area contributed by atoms with E-state index in [9.17, 15) is 0 Å². The fraction of sp³-hybridized carbons (Fsp3) is 0.571. The molecule has 0 saturated heterocycles. The maximum Gasteiger partial charge on any atom is 0.0561 e. The minimum absolute atomic E-state index is 0.250. The molecule has 0 amide bonds. The van der Waals surface area contributed by atoms with Crippen molar-refractivity contribution >= 4 is 11.6 Å². The maximum absolute atomic E-state index is 5.91. The van der Waals surface area contributed by atoms with Crippen molar-refractivity contribution in [2.75, 3.05) is 13.7 Å². The first-order valence-electron chi connectivity index (χ1n) is 6.19. The van der Waals surface area contributed by atoms with Crippen LogP contribution in [0.2, 0.25) is 5.02 Å². The van der Waals surface area contributed by atoms with E-state index >= 15 is 0 Å². The quantitative estimate of drug-likeness (QED) is 0.800. The van der Waals surface area contributed by atoms with Gasteiger partial charge in [-0.3, -0.25) is 0 Å². The van der Waals surface area contributed by atoms with Crippen LogP contribution in [0.5, 0.6) is 0 Å². The normalized spacial score (nSPS) is 14.6. The van der Waals surface area contributed by atoms with E-state index in [1.54, 1.807) is 7.11 Å². The van der Waals surface area contributed by atoms with Gasteiger partial charge in [-0.25, -0.2) is 0 Å². The van der Waals surface area contributed by atoms with Gasteiger partial charge in [-0.2, -0.15) is 0 Å². The van der Waals surface area contributed by atoms with E-state index in [1.165, 1.54) is 5.56 Å². The molecule has 17 heavy (non-hydrogen) atoms. The van der Waals surface area contributed by atoms with Crippen LogP contribution in [0, 0.1) is 0 Å². The summed E-state index contributed by atoms with van der Waals surface area (Å²) in [5.41, 5.74) is 1.27. The first-order valence-corrected chi connectivity index (χ1v) is 6.56. The second-order valence-electron chi connectivity index (χ2n) is 4.34. The molecule has 2 nitrogen and oxygen atoms in total. The number of benzene rings is 1. The van der Waals surface area contributed by atoms with Crippen LogP contribution in [0.3, 0.4) is 0 Å². The Hall–Kier alpha value is -0.570. The molecular weight excluding hydrogens is 234 g/mol. The molecule has 1 aromatic carbocycles. The van der Waals surface area contributed by atoms with Crippen LogP contribution < -0.4 is 5.32 Å². The summed E-state index contributed by atoms with van der Waals surface area (Å²) in [6.07, 6.45) is 2.35. The van der Waals surface area contributed by atoms with Crippen LogP contribution in [0.15, 0.2) is 24.3 Å². The van der Waals surface area contributed by atoms with Crippen molar-refractivity contribution in [3.63, 3.8) is 0 Å². The van der Waals surface area contributed by atoms with Crippen LogP contribution in [0.4, 0.5) is 0 Å². The minimum atomic E-state index is 0.250. The van der Waals surface area contributed by atoms with E-state index < -0.39 is 0 Å². The van der Waals surface area contributed by atoms with Gasteiger partial charge in [0.25, 0.3) is 0 Å². The van der Waals surface area contributed by atoms with Gasteiger partial charge >= 0.3 is 0 Å². The largest absolute Gasteiger partial charge is 0.382 e. The van der Waals surface area contributed by atoms with E-state index in [0.717, 1.165) is 24.4 Å². The third kappa shape index (κ3) is 5.07. The van der Waals surface area contributed by atoms with E-state index in [4.69, 9.17) is 16.3 Å². The van der Waals surface area contributed by atoms with Crippen molar-refractivity contribution in [1.82, 2.24) is 5.32 Å². The van der Waals surface area contributed by atoms with Crippen molar-refractivity contribution < 1.29 is 4.74 Å². The van der Waals surface area contributed by atoms with E-state index in [2.05, 4.69) is 31.3 Å². The molecule has 2 atom stereocenters. The fourth-order valence-electron chi connectivity index (χ4n) is 1.78. The molecule has 2 unspecified atom stereocenters. The monoisotopic (exact) mass is 255 g/mol. The number of hydrogen-bond acceptors (Lipinski definition) is 2. The van der Waals surface area contributed by atoms with E-state index in [1.807, 2.05) is 12.1 Å². The molecule has 0 aliphatic carbocycles. The van der Waals surface area contributed by atoms with Crippen molar-refractivity contribution in [2.45, 2.75) is 38.8 Å². The Morgan fingerprint density at radius 2 is 1.94 bits per heavy atom. The summed E-state index contributed by atoms with van der Waals surface area (Å²) in [7, 11) is 1.75. The summed E-state index contributed by atoms with van der Waals surface area (Å²) in [5, 5.41) is 4.33. The van der Waals surface area contributed by atoms with Gasteiger partial charge in [-0.15, -0.1) is 0 Å². The minimum Gasteiger partial charge on any atom is -0.382 e. The van der Waals surface area contributed by atoms with Gasteiger partial charge in [0.2, 0.25) is 0 Å². The molecule has 0 heterocycles. The van der Waals surface area contributed by atoms with Crippen LogP contribution in [0.25, 0.3) is 0 Å². The predicted molar refractivity (Wildman–Crippen MR) is 73.6 cm³/mol. The average Bonchev–Trinajstić information content (AvgIpc) is 2.35. The third-order valence-corrected chi connectivity index (χ3v) is 3.14. The van der Waals surface area contributed by atoms with E-state index in [-0.39, 0.29) is 6.10 Å². The van der Waals surface area contributed by atoms with E-state index in [0.29, 0.717) is 6.04 Å². The van der Waals surface area contributed by atoms with Gasteiger partial charge in [-0.05, 0) is 44.0 Å². The van der Waals surface area contributed by atoms with Crippen LogP contribution in [0.1, 0.15) is 38.3 Å². The second kappa shape index (κ2) is 7.70. The Balaban J connectivity index is 2.70. The molecule has 0 fully saturated rings. The lowest BCUT2D eigenvalue weighted by Gasteiger charge is -2.22. The molecule has 0 aliphatic rings. The summed E-state index contributed by atoms with van der Waals surface area (Å²) in [4.78, 5) is 0. The Labute approximate surface area is 109 Å². The lowest BCUT2D eigenvalue weighted by Crippen LogP contribution is -2.26. The number of ether oxygens (including phenoxy) is 1. The lowest BCUT2D eigenvalue weighted by atomic mass is 10.0. The number of halogens is 1. The summed E-state index contributed by atoms with van der Waals surface area (Å²) in [6, 6.07) is 8.38. The highest BCUT2D eigenvalue weighted by Crippen LogP contribution is 2.21. The molecule has 0 aliphatic heterocycles. The standard InChI is InChI=1S/C14H22ClNO/c1-4-9-16-14(10-11(2)17-3)12-5-7-13(15)8-6-12/h5-8,11,14,16H,4,9-10H2,1-3H3. The second-order valence-corrected chi connectivity index (χ2v) is 4.78. The molecule has 0 spiro atoms. The number of hydrogen-bond donors (Lipinski definition) is 1. The summed E-state index contributed by atoms with van der Waals surface area (Å²) < 4.78 is 5.34. The van der Waals surface area contributed by atoms with Gasteiger partial charge in [0, 0.05) is 18.2 Å². The van der Waals surface area contributed by atoms with Crippen LogP contribution in [-0.2, 0) is 4.74 Å². The first kappa shape index (κ1) is 14.5. The average molecular weight is 256 g/mol. The molecule has 96 valence electrons. The molecule has 3 heteroatoms. The molecule has 0 bridgehead atoms. The van der Waals surface area contributed by atoms with Crippen molar-refractivity contribution in [3.8, 4) is 0 Å². The smallest absolute Gasteiger partial charge is 0.0561 e. The lowest BCUT2D eigenvalue weighted by molar-refractivity contribution is 0.100. The van der Waals surface area contributed by atoms with Crippen molar-refractivity contribution in [2.24, 2.45) is 0 Å². The zero-order chi connectivity index (χ0) is 12.7. The molecular formula is C14H22ClNO. The molecule has 0 aromatic heterocycles. The molecule has 0 radical (unpaired) electrons. The highest BCUT2D eigenvalue weighted by Gasteiger charge is 2.14. The molecule has 0 saturated carbocycles. The fourth-order valence-corrected chi connectivity index (χ4v) is 1.91. The topological polar surface area (TPSA) is 21.3 Å². The highest BCUT2D eigenvalue weighted by molar-refractivity contribution is 6.30. The van der Waals surface area contributed by atoms with Gasteiger partial charge < -0.3 is 10.1 Å². The Kier molecular flexibility index (Phi) is 6.56. The number of methoxy groups -OCH3 is 1. The first-order chi connectivity index (χ1) is 8.17. The van der Waals surface area contributed by atoms with Gasteiger partial charge in [0.05, 0.1) is 6.10 Å². The van der Waals surface area contributed by atoms with Gasteiger partial charge in [-0.1, -0.05) is 30.7 Å². The van der Waals surface area contributed by atoms with Crippen molar-refractivity contribution in [1.29, 1.82) is 0 Å². The summed E-state index contributed by atoms with van der Waals surface area (Å²) in [5.74, 6) is 0. The van der Waals surface area contributed by atoms with Gasteiger partial charge in [0.1, 0.15) is 0 Å². The summed E-state index contributed by atoms with van der Waals surface area (Å²) in [6.45, 7) is 5.28. The molecule has 1 aromatic rings. The Morgan fingerprint density at radius 1 is 1.29 bits per heavy atom. The van der Waals surface area contributed by atoms with Crippen LogP contribution >= 0.6 is 11.6 Å². The number of nitrogens with one attached hydrogen (secondary N) is 1.